The molecule has 14 heavy (non-hydrogen) atoms. The van der Waals surface area contributed by atoms with E-state index in [1.165, 1.54) is 0 Å². The molecule has 0 aliphatic rings. The van der Waals surface area contributed by atoms with Crippen LogP contribution >= 0.6 is 0 Å². The Hall–Kier alpha value is -0.160. The molecule has 0 aromatic heterocycles. The molecule has 0 spiro atoms. The summed E-state index contributed by atoms with van der Waals surface area (Å²) in [4.78, 5) is 0. The lowest BCUT2D eigenvalue weighted by Gasteiger charge is -2.12. The van der Waals surface area contributed by atoms with Gasteiger partial charge in [-0.1, -0.05) is 0 Å². The van der Waals surface area contributed by atoms with Crippen molar-refractivity contribution in [2.45, 2.75) is 25.9 Å². The van der Waals surface area contributed by atoms with Crippen molar-refractivity contribution in [3.8, 4) is 0 Å². The Morgan fingerprint density at radius 1 is 1.14 bits per heavy atom. The third-order valence-corrected chi connectivity index (χ3v) is 1.88. The van der Waals surface area contributed by atoms with E-state index in [9.17, 15) is 0 Å². The number of nitrogens with two attached hydrogens (primary N) is 1. The molecule has 0 rings (SSSR count). The Balaban J connectivity index is 3.02. The van der Waals surface area contributed by atoms with Gasteiger partial charge in [-0.3, -0.25) is 0 Å². The highest BCUT2D eigenvalue weighted by Crippen LogP contribution is 1.99. The van der Waals surface area contributed by atoms with E-state index >= 15 is 0 Å². The van der Waals surface area contributed by atoms with E-state index in [0.717, 1.165) is 19.4 Å². The first-order valence-corrected chi connectivity index (χ1v) is 5.19. The molecule has 0 radical (unpaired) electrons. The minimum Gasteiger partial charge on any atom is -0.382 e. The zero-order valence-corrected chi connectivity index (χ0v) is 9.33. The van der Waals surface area contributed by atoms with Crippen LogP contribution in [0.4, 0.5) is 0 Å². The van der Waals surface area contributed by atoms with Gasteiger partial charge in [0, 0.05) is 7.11 Å². The highest BCUT2D eigenvalue weighted by Gasteiger charge is 2.00. The Labute approximate surface area is 86.7 Å². The van der Waals surface area contributed by atoms with Gasteiger partial charge in [-0.15, -0.1) is 0 Å². The summed E-state index contributed by atoms with van der Waals surface area (Å²) in [5.41, 5.74) is 5.39. The second kappa shape index (κ2) is 10.9. The van der Waals surface area contributed by atoms with Crippen LogP contribution in [0.1, 0.15) is 19.8 Å². The summed E-state index contributed by atoms with van der Waals surface area (Å²) in [5.74, 6) is 0. The van der Waals surface area contributed by atoms with Crippen LogP contribution in [0.2, 0.25) is 0 Å². The summed E-state index contributed by atoms with van der Waals surface area (Å²) in [6, 6.07) is 0. The maximum Gasteiger partial charge on any atom is 0.0704 e. The SMILES string of the molecule is COCCOCCOC(C)CCCN. The van der Waals surface area contributed by atoms with Crippen LogP contribution in [0.25, 0.3) is 0 Å². The molecule has 0 saturated carbocycles. The van der Waals surface area contributed by atoms with E-state index in [4.69, 9.17) is 19.9 Å². The van der Waals surface area contributed by atoms with Gasteiger partial charge >= 0.3 is 0 Å². The van der Waals surface area contributed by atoms with E-state index < -0.39 is 0 Å². The van der Waals surface area contributed by atoms with Crippen molar-refractivity contribution in [1.82, 2.24) is 0 Å². The molecule has 0 saturated heterocycles. The van der Waals surface area contributed by atoms with Gasteiger partial charge in [0.2, 0.25) is 0 Å². The molecule has 0 amide bonds. The van der Waals surface area contributed by atoms with Gasteiger partial charge in [-0.05, 0) is 26.3 Å². The first kappa shape index (κ1) is 13.8. The molecule has 0 aromatic carbocycles. The number of methoxy groups -OCH3 is 1. The number of hydrogen-bond acceptors (Lipinski definition) is 4. The molecular formula is C10H23NO3. The molecule has 1 unspecified atom stereocenters. The van der Waals surface area contributed by atoms with Gasteiger partial charge in [0.15, 0.2) is 0 Å². The van der Waals surface area contributed by atoms with Crippen LogP contribution in [0.3, 0.4) is 0 Å². The van der Waals surface area contributed by atoms with E-state index in [1.54, 1.807) is 7.11 Å². The van der Waals surface area contributed by atoms with Crippen LogP contribution in [-0.4, -0.2) is 46.2 Å². The molecule has 0 aliphatic carbocycles. The summed E-state index contributed by atoms with van der Waals surface area (Å²) in [6.45, 7) is 5.36. The molecule has 0 aromatic rings. The summed E-state index contributed by atoms with van der Waals surface area (Å²) < 4.78 is 15.6. The molecular weight excluding hydrogens is 182 g/mol. The summed E-state index contributed by atoms with van der Waals surface area (Å²) in [6.07, 6.45) is 2.32. The van der Waals surface area contributed by atoms with E-state index in [2.05, 4.69) is 6.92 Å². The first-order valence-electron chi connectivity index (χ1n) is 5.19. The van der Waals surface area contributed by atoms with Crippen LogP contribution < -0.4 is 5.73 Å². The van der Waals surface area contributed by atoms with Crippen molar-refractivity contribution in [3.63, 3.8) is 0 Å². The van der Waals surface area contributed by atoms with Crippen molar-refractivity contribution in [3.05, 3.63) is 0 Å². The van der Waals surface area contributed by atoms with E-state index in [1.807, 2.05) is 0 Å². The summed E-state index contributed by atoms with van der Waals surface area (Å²) in [5, 5.41) is 0. The van der Waals surface area contributed by atoms with Crippen LogP contribution in [0.15, 0.2) is 0 Å². The molecule has 86 valence electrons. The monoisotopic (exact) mass is 205 g/mol. The Bertz CT molecular complexity index is 112. The number of ether oxygens (including phenoxy) is 3. The molecule has 4 heteroatoms. The smallest absolute Gasteiger partial charge is 0.0704 e. The number of rotatable bonds is 10. The van der Waals surface area contributed by atoms with E-state index in [-0.39, 0.29) is 6.10 Å². The minimum absolute atomic E-state index is 0.282. The molecule has 0 aliphatic heterocycles. The van der Waals surface area contributed by atoms with Crippen molar-refractivity contribution in [2.24, 2.45) is 5.73 Å². The fourth-order valence-corrected chi connectivity index (χ4v) is 1.04. The standard InChI is InChI=1S/C10H23NO3/c1-10(4-3-5-11)14-9-8-13-7-6-12-2/h10H,3-9,11H2,1-2H3. The average Bonchev–Trinajstić information content (AvgIpc) is 2.20. The van der Waals surface area contributed by atoms with Gasteiger partial charge < -0.3 is 19.9 Å². The number of hydrogen-bond donors (Lipinski definition) is 1. The van der Waals surface area contributed by atoms with Crippen molar-refractivity contribution in [1.29, 1.82) is 0 Å². The normalized spacial score (nSPS) is 13.1. The Morgan fingerprint density at radius 3 is 2.50 bits per heavy atom. The average molecular weight is 205 g/mol. The van der Waals surface area contributed by atoms with Gasteiger partial charge in [0.25, 0.3) is 0 Å². The van der Waals surface area contributed by atoms with Crippen LogP contribution in [-0.2, 0) is 14.2 Å². The second-order valence-electron chi connectivity index (χ2n) is 3.22. The molecule has 4 nitrogen and oxygen atoms in total. The van der Waals surface area contributed by atoms with Crippen molar-refractivity contribution in [2.75, 3.05) is 40.1 Å². The first-order chi connectivity index (χ1) is 6.81. The fourth-order valence-electron chi connectivity index (χ4n) is 1.04. The molecule has 0 heterocycles. The zero-order chi connectivity index (χ0) is 10.6. The summed E-state index contributed by atoms with van der Waals surface area (Å²) in [7, 11) is 1.66. The lowest BCUT2D eigenvalue weighted by molar-refractivity contribution is -0.00304. The predicted molar refractivity (Wildman–Crippen MR) is 56.4 cm³/mol. The Morgan fingerprint density at radius 2 is 1.86 bits per heavy atom. The third kappa shape index (κ3) is 9.92. The maximum absolute atomic E-state index is 5.50. The van der Waals surface area contributed by atoms with E-state index in [0.29, 0.717) is 26.4 Å². The fraction of sp³-hybridized carbons (Fsp3) is 1.00. The highest BCUT2D eigenvalue weighted by molar-refractivity contribution is 4.50. The lowest BCUT2D eigenvalue weighted by atomic mass is 10.2. The second-order valence-corrected chi connectivity index (χ2v) is 3.22. The molecule has 0 fully saturated rings. The maximum atomic E-state index is 5.50. The minimum atomic E-state index is 0.282. The van der Waals surface area contributed by atoms with Crippen LogP contribution in [0, 0.1) is 0 Å². The highest BCUT2D eigenvalue weighted by atomic mass is 16.5. The zero-order valence-electron chi connectivity index (χ0n) is 9.33. The van der Waals surface area contributed by atoms with Gasteiger partial charge in [-0.2, -0.15) is 0 Å². The van der Waals surface area contributed by atoms with Crippen molar-refractivity contribution >= 4 is 0 Å². The quantitative estimate of drug-likeness (QED) is 0.536. The van der Waals surface area contributed by atoms with Crippen molar-refractivity contribution < 1.29 is 14.2 Å². The van der Waals surface area contributed by atoms with Gasteiger partial charge in [0.05, 0.1) is 32.5 Å². The summed E-state index contributed by atoms with van der Waals surface area (Å²) >= 11 is 0. The lowest BCUT2D eigenvalue weighted by Crippen LogP contribution is -2.15. The molecule has 2 N–H and O–H groups in total. The van der Waals surface area contributed by atoms with Gasteiger partial charge in [0.1, 0.15) is 0 Å². The Kier molecular flexibility index (Phi) is 10.8. The molecule has 0 bridgehead atoms. The molecule has 1 atom stereocenters. The third-order valence-electron chi connectivity index (χ3n) is 1.88. The van der Waals surface area contributed by atoms with Gasteiger partial charge in [-0.25, -0.2) is 0 Å². The largest absolute Gasteiger partial charge is 0.382 e. The topological polar surface area (TPSA) is 53.7 Å². The predicted octanol–water partition coefficient (Wildman–Crippen LogP) is 0.793. The van der Waals surface area contributed by atoms with Crippen LogP contribution in [0.5, 0.6) is 0 Å².